The minimum Gasteiger partial charge on any atom is -0.330 e. The third-order valence-corrected chi connectivity index (χ3v) is 3.29. The van der Waals surface area contributed by atoms with Gasteiger partial charge in [-0.2, -0.15) is 5.10 Å². The van der Waals surface area contributed by atoms with E-state index in [1.807, 2.05) is 44.2 Å². The summed E-state index contributed by atoms with van der Waals surface area (Å²) in [4.78, 5) is 12.5. The second-order valence-electron chi connectivity index (χ2n) is 4.91. The van der Waals surface area contributed by atoms with E-state index in [4.69, 9.17) is 5.73 Å². The molecule has 0 radical (unpaired) electrons. The summed E-state index contributed by atoms with van der Waals surface area (Å²) < 4.78 is 1.67. The van der Waals surface area contributed by atoms with Gasteiger partial charge >= 0.3 is 0 Å². The third kappa shape index (κ3) is 2.74. The van der Waals surface area contributed by atoms with Crippen molar-refractivity contribution < 1.29 is 4.79 Å². The van der Waals surface area contributed by atoms with E-state index < -0.39 is 0 Å². The molecule has 4 nitrogen and oxygen atoms in total. The second-order valence-corrected chi connectivity index (χ2v) is 4.91. The van der Waals surface area contributed by atoms with Gasteiger partial charge < -0.3 is 5.73 Å². The molecule has 0 aliphatic rings. The Balaban J connectivity index is 2.37. The van der Waals surface area contributed by atoms with Crippen LogP contribution in [-0.4, -0.2) is 22.1 Å². The van der Waals surface area contributed by atoms with Crippen molar-refractivity contribution in [2.75, 3.05) is 6.54 Å². The van der Waals surface area contributed by atoms with Crippen LogP contribution in [0.2, 0.25) is 0 Å². The van der Waals surface area contributed by atoms with Crippen LogP contribution in [0.15, 0.2) is 42.6 Å². The van der Waals surface area contributed by atoms with E-state index in [1.165, 1.54) is 0 Å². The molecule has 0 saturated heterocycles. The SMILES string of the molecule is CC(C)C(CN)C(=O)c1ccnn1-c1ccccc1. The van der Waals surface area contributed by atoms with Gasteiger partial charge in [-0.25, -0.2) is 4.68 Å². The lowest BCUT2D eigenvalue weighted by molar-refractivity contribution is 0.0884. The first-order valence-corrected chi connectivity index (χ1v) is 6.49. The molecule has 1 unspecified atom stereocenters. The average molecular weight is 257 g/mol. The van der Waals surface area contributed by atoms with E-state index in [0.717, 1.165) is 5.69 Å². The molecule has 1 atom stereocenters. The molecule has 0 bridgehead atoms. The first kappa shape index (κ1) is 13.5. The Hall–Kier alpha value is -1.94. The molecule has 0 aliphatic carbocycles. The van der Waals surface area contributed by atoms with Crippen molar-refractivity contribution in [1.82, 2.24) is 9.78 Å². The van der Waals surface area contributed by atoms with E-state index in [2.05, 4.69) is 5.10 Å². The normalized spacial score (nSPS) is 12.6. The average Bonchev–Trinajstić information content (AvgIpc) is 2.89. The number of aromatic nitrogens is 2. The minimum absolute atomic E-state index is 0.0545. The maximum Gasteiger partial charge on any atom is 0.185 e. The lowest BCUT2D eigenvalue weighted by Crippen LogP contribution is -2.29. The fourth-order valence-corrected chi connectivity index (χ4v) is 2.14. The predicted molar refractivity (Wildman–Crippen MR) is 75.3 cm³/mol. The molecule has 100 valence electrons. The fourth-order valence-electron chi connectivity index (χ4n) is 2.14. The van der Waals surface area contributed by atoms with Gasteiger partial charge in [0.2, 0.25) is 0 Å². The molecule has 4 heteroatoms. The fraction of sp³-hybridized carbons (Fsp3) is 0.333. The quantitative estimate of drug-likeness (QED) is 0.836. The molecular formula is C15H19N3O. The van der Waals surface area contributed by atoms with Crippen molar-refractivity contribution in [3.05, 3.63) is 48.3 Å². The zero-order chi connectivity index (χ0) is 13.8. The topological polar surface area (TPSA) is 60.9 Å². The van der Waals surface area contributed by atoms with Crippen LogP contribution in [0.4, 0.5) is 0 Å². The Morgan fingerprint density at radius 3 is 2.53 bits per heavy atom. The number of para-hydroxylation sites is 1. The largest absolute Gasteiger partial charge is 0.330 e. The van der Waals surface area contributed by atoms with Crippen LogP contribution in [0.1, 0.15) is 24.3 Å². The number of rotatable bonds is 5. The molecule has 0 aliphatic heterocycles. The zero-order valence-corrected chi connectivity index (χ0v) is 11.3. The summed E-state index contributed by atoms with van der Waals surface area (Å²) in [6.07, 6.45) is 1.65. The van der Waals surface area contributed by atoms with E-state index in [-0.39, 0.29) is 17.6 Å². The summed E-state index contributed by atoms with van der Waals surface area (Å²) in [7, 11) is 0. The van der Waals surface area contributed by atoms with Crippen LogP contribution in [0.3, 0.4) is 0 Å². The Morgan fingerprint density at radius 1 is 1.26 bits per heavy atom. The van der Waals surface area contributed by atoms with Gasteiger partial charge in [-0.05, 0) is 24.1 Å². The van der Waals surface area contributed by atoms with Crippen LogP contribution < -0.4 is 5.73 Å². The lowest BCUT2D eigenvalue weighted by Gasteiger charge is -2.18. The molecule has 2 rings (SSSR count). The van der Waals surface area contributed by atoms with E-state index in [9.17, 15) is 4.79 Å². The van der Waals surface area contributed by atoms with Crippen LogP contribution in [0.25, 0.3) is 5.69 Å². The van der Waals surface area contributed by atoms with Gasteiger partial charge in [0, 0.05) is 12.5 Å². The molecule has 0 spiro atoms. The van der Waals surface area contributed by atoms with E-state index >= 15 is 0 Å². The number of nitrogens with two attached hydrogens (primary N) is 1. The number of ketones is 1. The van der Waals surface area contributed by atoms with E-state index in [1.54, 1.807) is 16.9 Å². The first-order valence-electron chi connectivity index (χ1n) is 6.49. The molecule has 0 amide bonds. The molecule has 1 aromatic carbocycles. The Bertz CT molecular complexity index is 546. The Labute approximate surface area is 113 Å². The molecule has 19 heavy (non-hydrogen) atoms. The van der Waals surface area contributed by atoms with Gasteiger partial charge in [0.1, 0.15) is 5.69 Å². The smallest absolute Gasteiger partial charge is 0.185 e. The highest BCUT2D eigenvalue weighted by Gasteiger charge is 2.25. The Morgan fingerprint density at radius 2 is 1.95 bits per heavy atom. The van der Waals surface area contributed by atoms with Crippen LogP contribution in [0, 0.1) is 11.8 Å². The number of hydrogen-bond donors (Lipinski definition) is 1. The van der Waals surface area contributed by atoms with Gasteiger partial charge in [0.25, 0.3) is 0 Å². The standard InChI is InChI=1S/C15H19N3O/c1-11(2)13(10-16)15(19)14-8-9-17-18(14)12-6-4-3-5-7-12/h3-9,11,13H,10,16H2,1-2H3. The summed E-state index contributed by atoms with van der Waals surface area (Å²) in [6, 6.07) is 11.4. The van der Waals surface area contributed by atoms with Gasteiger partial charge in [-0.3, -0.25) is 4.79 Å². The van der Waals surface area contributed by atoms with Crippen molar-refractivity contribution in [2.45, 2.75) is 13.8 Å². The maximum absolute atomic E-state index is 12.5. The molecule has 2 N–H and O–H groups in total. The van der Waals surface area contributed by atoms with Crippen molar-refractivity contribution in [2.24, 2.45) is 17.6 Å². The van der Waals surface area contributed by atoms with Crippen molar-refractivity contribution >= 4 is 5.78 Å². The molecule has 2 aromatic rings. The number of carbonyl (C=O) groups is 1. The van der Waals surface area contributed by atoms with Crippen molar-refractivity contribution in [3.63, 3.8) is 0 Å². The van der Waals surface area contributed by atoms with Gasteiger partial charge in [0.05, 0.1) is 11.9 Å². The van der Waals surface area contributed by atoms with E-state index in [0.29, 0.717) is 12.2 Å². The predicted octanol–water partition coefficient (Wildman–Crippen LogP) is 2.29. The lowest BCUT2D eigenvalue weighted by atomic mass is 9.90. The summed E-state index contributed by atoms with van der Waals surface area (Å²) in [6.45, 7) is 4.38. The molecule has 1 heterocycles. The van der Waals surface area contributed by atoms with Crippen molar-refractivity contribution in [1.29, 1.82) is 0 Å². The summed E-state index contributed by atoms with van der Waals surface area (Å²) >= 11 is 0. The molecule has 0 fully saturated rings. The zero-order valence-electron chi connectivity index (χ0n) is 11.3. The number of carbonyl (C=O) groups excluding carboxylic acids is 1. The highest BCUT2D eigenvalue weighted by Crippen LogP contribution is 2.18. The molecular weight excluding hydrogens is 238 g/mol. The minimum atomic E-state index is -0.167. The number of benzene rings is 1. The summed E-state index contributed by atoms with van der Waals surface area (Å²) in [5, 5.41) is 4.24. The third-order valence-electron chi connectivity index (χ3n) is 3.29. The highest BCUT2D eigenvalue weighted by atomic mass is 16.1. The van der Waals surface area contributed by atoms with Crippen molar-refractivity contribution in [3.8, 4) is 5.69 Å². The maximum atomic E-state index is 12.5. The van der Waals surface area contributed by atoms with Gasteiger partial charge in [-0.1, -0.05) is 32.0 Å². The first-order chi connectivity index (χ1) is 9.15. The van der Waals surface area contributed by atoms with Crippen LogP contribution in [-0.2, 0) is 0 Å². The highest BCUT2D eigenvalue weighted by molar-refractivity contribution is 5.97. The van der Waals surface area contributed by atoms with Crippen LogP contribution >= 0.6 is 0 Å². The van der Waals surface area contributed by atoms with Gasteiger partial charge in [0.15, 0.2) is 5.78 Å². The number of hydrogen-bond acceptors (Lipinski definition) is 3. The second kappa shape index (κ2) is 5.80. The Kier molecular flexibility index (Phi) is 4.12. The molecule has 0 saturated carbocycles. The monoisotopic (exact) mass is 257 g/mol. The molecule has 1 aromatic heterocycles. The summed E-state index contributed by atoms with van der Waals surface area (Å²) in [5.41, 5.74) is 7.20. The summed E-state index contributed by atoms with van der Waals surface area (Å²) in [5.74, 6) is 0.106. The number of Topliss-reactive ketones (excluding diaryl/α,β-unsaturated/α-hetero) is 1. The van der Waals surface area contributed by atoms with Crippen LogP contribution in [0.5, 0.6) is 0 Å². The van der Waals surface area contributed by atoms with Gasteiger partial charge in [-0.15, -0.1) is 0 Å². The number of nitrogens with zero attached hydrogens (tertiary/aromatic N) is 2.